The molecule has 0 aliphatic carbocycles. The van der Waals surface area contributed by atoms with Crippen LogP contribution in [0.2, 0.25) is 0 Å². The molecule has 1 aromatic rings. The van der Waals surface area contributed by atoms with E-state index in [0.29, 0.717) is 19.5 Å². The molecule has 0 bridgehead atoms. The van der Waals surface area contributed by atoms with Crippen molar-refractivity contribution in [1.29, 1.82) is 0 Å². The highest BCUT2D eigenvalue weighted by Gasteiger charge is 2.35. The highest BCUT2D eigenvalue weighted by atomic mass is 16.5. The maximum Gasteiger partial charge on any atom is 0.311 e. The molecule has 1 unspecified atom stereocenters. The van der Waals surface area contributed by atoms with Gasteiger partial charge in [-0.25, -0.2) is 0 Å². The van der Waals surface area contributed by atoms with Gasteiger partial charge in [0.1, 0.15) is 0 Å². The predicted molar refractivity (Wildman–Crippen MR) is 84.1 cm³/mol. The summed E-state index contributed by atoms with van der Waals surface area (Å²) >= 11 is 0. The number of methoxy groups -OCH3 is 2. The summed E-state index contributed by atoms with van der Waals surface area (Å²) in [4.78, 5) is 23.7. The number of carbonyl (C=O) groups is 2. The highest BCUT2D eigenvalue weighted by molar-refractivity contribution is 5.78. The Kier molecular flexibility index (Phi) is 7.05. The van der Waals surface area contributed by atoms with Gasteiger partial charge in [0.25, 0.3) is 0 Å². The first-order valence-electron chi connectivity index (χ1n) is 7.31. The number of hydrogen-bond acceptors (Lipinski definition) is 5. The normalized spacial score (nSPS) is 12.5. The van der Waals surface area contributed by atoms with E-state index in [9.17, 15) is 9.59 Å². The van der Waals surface area contributed by atoms with Crippen LogP contribution >= 0.6 is 0 Å². The molecule has 1 aromatic carbocycles. The molecule has 0 amide bonds. The largest absolute Gasteiger partial charge is 0.469 e. The second-order valence-electron chi connectivity index (χ2n) is 5.92. The summed E-state index contributed by atoms with van der Waals surface area (Å²) in [5.74, 6) is -1.05. The van der Waals surface area contributed by atoms with E-state index in [1.807, 2.05) is 30.3 Å². The fraction of sp³-hybridized carbons (Fsp3) is 0.529. The van der Waals surface area contributed by atoms with Gasteiger partial charge in [0.15, 0.2) is 0 Å². The molecule has 5 nitrogen and oxygen atoms in total. The minimum absolute atomic E-state index is 0.322. The first kappa shape index (κ1) is 18.2. The lowest BCUT2D eigenvalue weighted by Crippen LogP contribution is -2.36. The molecule has 0 fully saturated rings. The number of rotatable bonds is 8. The summed E-state index contributed by atoms with van der Waals surface area (Å²) < 4.78 is 9.63. The van der Waals surface area contributed by atoms with E-state index in [-0.39, 0.29) is 11.9 Å². The maximum absolute atomic E-state index is 11.9. The maximum atomic E-state index is 11.9. The van der Waals surface area contributed by atoms with Gasteiger partial charge < -0.3 is 14.8 Å². The lowest BCUT2D eigenvalue weighted by molar-refractivity contribution is -0.154. The van der Waals surface area contributed by atoms with Crippen LogP contribution in [-0.4, -0.2) is 32.7 Å². The summed E-state index contributed by atoms with van der Waals surface area (Å²) in [5.41, 5.74) is 0.403. The molecule has 1 N–H and O–H groups in total. The van der Waals surface area contributed by atoms with E-state index in [1.165, 1.54) is 14.2 Å². The molecule has 0 saturated heterocycles. The van der Waals surface area contributed by atoms with E-state index >= 15 is 0 Å². The fourth-order valence-corrected chi connectivity index (χ4v) is 2.37. The number of benzene rings is 1. The zero-order valence-corrected chi connectivity index (χ0v) is 13.7. The molecule has 1 rings (SSSR count). The fourth-order valence-electron chi connectivity index (χ4n) is 2.37. The zero-order chi connectivity index (χ0) is 16.6. The van der Waals surface area contributed by atoms with Crippen molar-refractivity contribution in [3.63, 3.8) is 0 Å². The minimum atomic E-state index is -0.734. The topological polar surface area (TPSA) is 64.6 Å². The van der Waals surface area contributed by atoms with E-state index in [1.54, 1.807) is 13.8 Å². The smallest absolute Gasteiger partial charge is 0.311 e. The SMILES string of the molecule is COC(=O)C(CNCc1ccccc1)CC(C)(C)C(=O)OC. The van der Waals surface area contributed by atoms with Crippen LogP contribution in [0.15, 0.2) is 30.3 Å². The minimum Gasteiger partial charge on any atom is -0.469 e. The Hall–Kier alpha value is -1.88. The van der Waals surface area contributed by atoms with E-state index < -0.39 is 11.3 Å². The average molecular weight is 307 g/mol. The van der Waals surface area contributed by atoms with Crippen molar-refractivity contribution >= 4 is 11.9 Å². The Morgan fingerprint density at radius 1 is 1.14 bits per heavy atom. The first-order valence-corrected chi connectivity index (χ1v) is 7.31. The Bertz CT molecular complexity index is 485. The van der Waals surface area contributed by atoms with Gasteiger partial charge in [-0.2, -0.15) is 0 Å². The van der Waals surface area contributed by atoms with Crippen molar-refractivity contribution < 1.29 is 19.1 Å². The van der Waals surface area contributed by atoms with Crippen LogP contribution in [0.5, 0.6) is 0 Å². The van der Waals surface area contributed by atoms with Crippen LogP contribution in [0.25, 0.3) is 0 Å². The second-order valence-corrected chi connectivity index (χ2v) is 5.92. The Morgan fingerprint density at radius 3 is 2.32 bits per heavy atom. The second kappa shape index (κ2) is 8.54. The van der Waals surface area contributed by atoms with Crippen molar-refractivity contribution in [3.8, 4) is 0 Å². The lowest BCUT2D eigenvalue weighted by Gasteiger charge is -2.26. The molecule has 122 valence electrons. The van der Waals surface area contributed by atoms with E-state index in [4.69, 9.17) is 9.47 Å². The van der Waals surface area contributed by atoms with Crippen LogP contribution < -0.4 is 5.32 Å². The van der Waals surface area contributed by atoms with Crippen LogP contribution in [0, 0.1) is 11.3 Å². The van der Waals surface area contributed by atoms with Gasteiger partial charge in [0, 0.05) is 13.1 Å². The molecule has 22 heavy (non-hydrogen) atoms. The average Bonchev–Trinajstić information content (AvgIpc) is 2.53. The molecule has 0 radical (unpaired) electrons. The van der Waals surface area contributed by atoms with Gasteiger partial charge in [-0.1, -0.05) is 30.3 Å². The van der Waals surface area contributed by atoms with Crippen LogP contribution in [-0.2, 0) is 25.6 Å². The Balaban J connectivity index is 2.61. The first-order chi connectivity index (χ1) is 10.4. The van der Waals surface area contributed by atoms with Crippen molar-refractivity contribution in [2.24, 2.45) is 11.3 Å². The summed E-state index contributed by atoms with van der Waals surface area (Å²) in [7, 11) is 2.71. The lowest BCUT2D eigenvalue weighted by atomic mass is 9.82. The van der Waals surface area contributed by atoms with Crippen molar-refractivity contribution in [1.82, 2.24) is 5.32 Å². The molecule has 0 aliphatic rings. The van der Waals surface area contributed by atoms with Gasteiger partial charge in [-0.3, -0.25) is 9.59 Å². The van der Waals surface area contributed by atoms with E-state index in [0.717, 1.165) is 5.56 Å². The standard InChI is InChI=1S/C17H25NO4/c1-17(2,16(20)22-4)10-14(15(19)21-3)12-18-11-13-8-6-5-7-9-13/h5-9,14,18H,10-12H2,1-4H3. The molecule has 5 heteroatoms. The number of carbonyl (C=O) groups excluding carboxylic acids is 2. The molecule has 0 saturated carbocycles. The van der Waals surface area contributed by atoms with Gasteiger partial charge in [0.2, 0.25) is 0 Å². The molecule has 0 aromatic heterocycles. The Labute approximate surface area is 132 Å². The summed E-state index contributed by atoms with van der Waals surface area (Å²) in [6, 6.07) is 9.92. The number of nitrogens with one attached hydrogen (secondary N) is 1. The van der Waals surface area contributed by atoms with Crippen LogP contribution in [0.1, 0.15) is 25.8 Å². The quantitative estimate of drug-likeness (QED) is 0.746. The van der Waals surface area contributed by atoms with E-state index in [2.05, 4.69) is 5.32 Å². The summed E-state index contributed by atoms with van der Waals surface area (Å²) in [6.45, 7) is 4.65. The zero-order valence-electron chi connectivity index (χ0n) is 13.7. The number of hydrogen-bond donors (Lipinski definition) is 1. The third-order valence-corrected chi connectivity index (χ3v) is 3.59. The molecule has 1 atom stereocenters. The van der Waals surface area contributed by atoms with Gasteiger partial charge in [0.05, 0.1) is 25.6 Å². The highest BCUT2D eigenvalue weighted by Crippen LogP contribution is 2.27. The van der Waals surface area contributed by atoms with Crippen LogP contribution in [0.4, 0.5) is 0 Å². The molecule has 0 heterocycles. The monoisotopic (exact) mass is 307 g/mol. The Morgan fingerprint density at radius 2 is 1.77 bits per heavy atom. The van der Waals surface area contributed by atoms with Crippen LogP contribution in [0.3, 0.4) is 0 Å². The van der Waals surface area contributed by atoms with Crippen molar-refractivity contribution in [2.75, 3.05) is 20.8 Å². The molecular weight excluding hydrogens is 282 g/mol. The molecule has 0 spiro atoms. The van der Waals surface area contributed by atoms with Crippen molar-refractivity contribution in [3.05, 3.63) is 35.9 Å². The predicted octanol–water partition coefficient (Wildman–Crippen LogP) is 2.15. The number of esters is 2. The molecule has 0 aliphatic heterocycles. The summed E-state index contributed by atoms with van der Waals surface area (Å²) in [6.07, 6.45) is 0.369. The molecular formula is C17H25NO4. The summed E-state index contributed by atoms with van der Waals surface area (Å²) in [5, 5.41) is 3.24. The number of ether oxygens (including phenoxy) is 2. The third-order valence-electron chi connectivity index (χ3n) is 3.59. The van der Waals surface area contributed by atoms with Crippen molar-refractivity contribution in [2.45, 2.75) is 26.8 Å². The van der Waals surface area contributed by atoms with Gasteiger partial charge in [-0.05, 0) is 25.8 Å². The third kappa shape index (κ3) is 5.48. The van der Waals surface area contributed by atoms with Gasteiger partial charge >= 0.3 is 11.9 Å². The van der Waals surface area contributed by atoms with Gasteiger partial charge in [-0.15, -0.1) is 0 Å².